The van der Waals surface area contributed by atoms with Crippen molar-refractivity contribution in [2.24, 2.45) is 5.73 Å². The van der Waals surface area contributed by atoms with Crippen molar-refractivity contribution in [3.8, 4) is 5.75 Å². The summed E-state index contributed by atoms with van der Waals surface area (Å²) in [6.45, 7) is 6.13. The van der Waals surface area contributed by atoms with Gasteiger partial charge in [-0.1, -0.05) is 6.07 Å². The van der Waals surface area contributed by atoms with Gasteiger partial charge in [0.05, 0.1) is 7.11 Å². The van der Waals surface area contributed by atoms with Crippen molar-refractivity contribution in [2.45, 2.75) is 26.8 Å². The van der Waals surface area contributed by atoms with Crippen LogP contribution < -0.4 is 16.6 Å². The Balaban J connectivity index is 0.00000169. The van der Waals surface area contributed by atoms with E-state index in [4.69, 9.17) is 10.5 Å². The van der Waals surface area contributed by atoms with Crippen molar-refractivity contribution in [1.82, 2.24) is 6.15 Å². The van der Waals surface area contributed by atoms with Crippen LogP contribution in [0.2, 0.25) is 0 Å². The maximum Gasteiger partial charge on any atom is 0.122 e. The zero-order valence-electron chi connectivity index (χ0n) is 9.42. The Morgan fingerprint density at radius 2 is 1.79 bits per heavy atom. The van der Waals surface area contributed by atoms with Crippen molar-refractivity contribution in [3.05, 3.63) is 28.8 Å². The Kier molecular flexibility index (Phi) is 4.60. The zero-order chi connectivity index (χ0) is 10.0. The van der Waals surface area contributed by atoms with Gasteiger partial charge in [0.2, 0.25) is 0 Å². The van der Waals surface area contributed by atoms with Crippen LogP contribution in [0.3, 0.4) is 0 Å². The van der Waals surface area contributed by atoms with Crippen LogP contribution in [0.25, 0.3) is 0 Å². The van der Waals surface area contributed by atoms with Gasteiger partial charge in [-0.25, -0.2) is 0 Å². The average molecular weight is 196 g/mol. The molecule has 5 N–H and O–H groups in total. The molecule has 0 aliphatic heterocycles. The summed E-state index contributed by atoms with van der Waals surface area (Å²) < 4.78 is 5.22. The van der Waals surface area contributed by atoms with Gasteiger partial charge in [-0.05, 0) is 43.5 Å². The molecular formula is C11H20N2O. The summed E-state index contributed by atoms with van der Waals surface area (Å²) in [4.78, 5) is 0. The van der Waals surface area contributed by atoms with Gasteiger partial charge >= 0.3 is 0 Å². The summed E-state index contributed by atoms with van der Waals surface area (Å²) in [7, 11) is 1.69. The lowest BCUT2D eigenvalue weighted by molar-refractivity contribution is 0.411. The molecule has 3 nitrogen and oxygen atoms in total. The minimum absolute atomic E-state index is 0. The second kappa shape index (κ2) is 4.98. The number of hydrogen-bond acceptors (Lipinski definition) is 3. The van der Waals surface area contributed by atoms with E-state index >= 15 is 0 Å². The summed E-state index contributed by atoms with van der Waals surface area (Å²) in [6, 6.07) is 4.09. The number of hydrogen-bond donors (Lipinski definition) is 2. The first kappa shape index (κ1) is 12.9. The molecule has 1 aromatic rings. The fraction of sp³-hybridized carbons (Fsp3) is 0.455. The molecule has 14 heavy (non-hydrogen) atoms. The minimum atomic E-state index is 0. The molecular weight excluding hydrogens is 176 g/mol. The number of ether oxygens (including phenoxy) is 1. The third-order valence-corrected chi connectivity index (χ3v) is 2.49. The third-order valence-electron chi connectivity index (χ3n) is 2.49. The largest absolute Gasteiger partial charge is 0.496 e. The van der Waals surface area contributed by atoms with E-state index in [1.165, 1.54) is 16.7 Å². The summed E-state index contributed by atoms with van der Waals surface area (Å²) in [5.41, 5.74) is 9.44. The predicted octanol–water partition coefficient (Wildman–Crippen LogP) is 2.49. The highest BCUT2D eigenvalue weighted by Crippen LogP contribution is 2.26. The monoisotopic (exact) mass is 196 g/mol. The van der Waals surface area contributed by atoms with E-state index in [1.54, 1.807) is 7.11 Å². The van der Waals surface area contributed by atoms with E-state index in [-0.39, 0.29) is 12.2 Å². The van der Waals surface area contributed by atoms with Crippen molar-refractivity contribution < 1.29 is 4.74 Å². The number of benzene rings is 1. The van der Waals surface area contributed by atoms with Crippen LogP contribution in [0, 0.1) is 13.8 Å². The second-order valence-corrected chi connectivity index (χ2v) is 3.40. The first-order valence-electron chi connectivity index (χ1n) is 4.47. The Morgan fingerprint density at radius 3 is 2.21 bits per heavy atom. The van der Waals surface area contributed by atoms with Gasteiger partial charge in [0.1, 0.15) is 5.75 Å². The highest BCUT2D eigenvalue weighted by molar-refractivity contribution is 5.44. The molecule has 1 atom stereocenters. The second-order valence-electron chi connectivity index (χ2n) is 3.40. The summed E-state index contributed by atoms with van der Waals surface area (Å²) >= 11 is 0. The van der Waals surface area contributed by atoms with Crippen molar-refractivity contribution in [3.63, 3.8) is 0 Å². The molecule has 0 aliphatic carbocycles. The fourth-order valence-corrected chi connectivity index (χ4v) is 1.53. The molecule has 0 amide bonds. The highest BCUT2D eigenvalue weighted by Gasteiger charge is 2.08. The van der Waals surface area contributed by atoms with Gasteiger partial charge in [0, 0.05) is 6.04 Å². The smallest absolute Gasteiger partial charge is 0.122 e. The van der Waals surface area contributed by atoms with Crippen LogP contribution in [0.4, 0.5) is 0 Å². The summed E-state index contributed by atoms with van der Waals surface area (Å²) in [6.07, 6.45) is 0. The topological polar surface area (TPSA) is 70.2 Å². The van der Waals surface area contributed by atoms with Gasteiger partial charge in [-0.3, -0.25) is 0 Å². The number of rotatable bonds is 2. The van der Waals surface area contributed by atoms with Crippen LogP contribution in [-0.2, 0) is 0 Å². The molecule has 0 unspecified atom stereocenters. The van der Waals surface area contributed by atoms with Crippen LogP contribution >= 0.6 is 0 Å². The lowest BCUT2D eigenvalue weighted by atomic mass is 9.98. The maximum absolute atomic E-state index is 5.83. The van der Waals surface area contributed by atoms with Gasteiger partial charge in [0.15, 0.2) is 0 Å². The van der Waals surface area contributed by atoms with Crippen LogP contribution in [0.15, 0.2) is 12.1 Å². The fourth-order valence-electron chi connectivity index (χ4n) is 1.53. The lowest BCUT2D eigenvalue weighted by Gasteiger charge is -2.14. The van der Waals surface area contributed by atoms with Gasteiger partial charge in [0.25, 0.3) is 0 Å². The quantitative estimate of drug-likeness (QED) is 0.763. The Labute approximate surface area is 85.8 Å². The van der Waals surface area contributed by atoms with E-state index in [0.29, 0.717) is 0 Å². The molecule has 0 heterocycles. The van der Waals surface area contributed by atoms with E-state index in [2.05, 4.69) is 13.8 Å². The van der Waals surface area contributed by atoms with Crippen LogP contribution in [0.5, 0.6) is 5.75 Å². The normalized spacial score (nSPS) is 11.8. The van der Waals surface area contributed by atoms with Gasteiger partial charge in [-0.15, -0.1) is 0 Å². The van der Waals surface area contributed by atoms with Gasteiger partial charge < -0.3 is 16.6 Å². The van der Waals surface area contributed by atoms with E-state index in [0.717, 1.165) is 5.75 Å². The zero-order valence-corrected chi connectivity index (χ0v) is 9.42. The van der Waals surface area contributed by atoms with E-state index < -0.39 is 0 Å². The molecule has 1 rings (SSSR count). The number of methoxy groups -OCH3 is 1. The first-order valence-corrected chi connectivity index (χ1v) is 4.47. The van der Waals surface area contributed by atoms with Crippen molar-refractivity contribution in [1.29, 1.82) is 0 Å². The molecule has 1 aromatic carbocycles. The maximum atomic E-state index is 5.83. The van der Waals surface area contributed by atoms with E-state index in [9.17, 15) is 0 Å². The standard InChI is InChI=1S/C11H17NO.H3N/c1-7-8(2)11(13-4)6-5-10(7)9(3)12;/h5-6,9H,12H2,1-4H3;1H3/t9-;/m0./s1. The molecule has 0 bridgehead atoms. The SMILES string of the molecule is COc1ccc([C@H](C)N)c(C)c1C.N. The first-order chi connectivity index (χ1) is 6.07. The summed E-state index contributed by atoms with van der Waals surface area (Å²) in [5.74, 6) is 0.932. The average Bonchev–Trinajstić information content (AvgIpc) is 2.09. The molecule has 0 radical (unpaired) electrons. The van der Waals surface area contributed by atoms with E-state index in [1.807, 2.05) is 19.1 Å². The Bertz CT molecular complexity index is 308. The molecule has 0 aliphatic rings. The third kappa shape index (κ3) is 2.25. The minimum Gasteiger partial charge on any atom is -0.496 e. The summed E-state index contributed by atoms with van der Waals surface area (Å²) in [5, 5.41) is 0. The van der Waals surface area contributed by atoms with Crippen molar-refractivity contribution >= 4 is 0 Å². The van der Waals surface area contributed by atoms with Crippen LogP contribution in [-0.4, -0.2) is 7.11 Å². The molecule has 0 saturated carbocycles. The molecule has 0 saturated heterocycles. The Morgan fingerprint density at radius 1 is 1.21 bits per heavy atom. The molecule has 80 valence electrons. The molecule has 3 heteroatoms. The lowest BCUT2D eigenvalue weighted by Crippen LogP contribution is -2.08. The number of nitrogens with two attached hydrogens (primary N) is 1. The Hall–Kier alpha value is -1.06. The molecule has 0 aromatic heterocycles. The molecule has 0 spiro atoms. The van der Waals surface area contributed by atoms with Crippen molar-refractivity contribution in [2.75, 3.05) is 7.11 Å². The highest BCUT2D eigenvalue weighted by atomic mass is 16.5. The van der Waals surface area contributed by atoms with Gasteiger partial charge in [-0.2, -0.15) is 0 Å². The molecule has 0 fully saturated rings. The van der Waals surface area contributed by atoms with Crippen LogP contribution in [0.1, 0.15) is 29.7 Å². The predicted molar refractivity (Wildman–Crippen MR) is 60.1 cm³/mol.